The zero-order valence-electron chi connectivity index (χ0n) is 13.0. The normalized spacial score (nSPS) is 11.2. The van der Waals surface area contributed by atoms with Crippen LogP contribution in [0.5, 0.6) is 0 Å². The number of fused-ring (bicyclic) bond motifs is 3. The number of nitrogens with zero attached hydrogens (tertiary/aromatic N) is 3. The molecule has 1 aromatic carbocycles. The van der Waals surface area contributed by atoms with Gasteiger partial charge >= 0.3 is 0 Å². The van der Waals surface area contributed by atoms with Gasteiger partial charge in [-0.15, -0.1) is 0 Å². The maximum absolute atomic E-state index is 11.7. The molecule has 0 unspecified atom stereocenters. The summed E-state index contributed by atoms with van der Waals surface area (Å²) in [7, 11) is 4.11. The highest BCUT2D eigenvalue weighted by atomic mass is 32.1. The lowest BCUT2D eigenvalue weighted by molar-refractivity contribution is 0.405. The predicted octanol–water partition coefficient (Wildman–Crippen LogP) is 2.37. The highest BCUT2D eigenvalue weighted by molar-refractivity contribution is 7.22. The van der Waals surface area contributed by atoms with Gasteiger partial charge in [-0.3, -0.25) is 4.79 Å². The van der Waals surface area contributed by atoms with Crippen LogP contribution in [0.3, 0.4) is 0 Å². The first-order chi connectivity index (χ1) is 11.1. The van der Waals surface area contributed by atoms with Crippen LogP contribution in [-0.2, 0) is 0 Å². The minimum Gasteiger partial charge on any atom is -0.361 e. The first-order valence-corrected chi connectivity index (χ1v) is 8.15. The first kappa shape index (κ1) is 15.5. The van der Waals surface area contributed by atoms with Crippen molar-refractivity contribution in [1.29, 1.82) is 5.26 Å². The second-order valence-corrected chi connectivity index (χ2v) is 6.63. The fourth-order valence-electron chi connectivity index (χ4n) is 2.42. The van der Waals surface area contributed by atoms with E-state index in [1.54, 1.807) is 17.4 Å². The van der Waals surface area contributed by atoms with Crippen LogP contribution in [0, 0.1) is 11.3 Å². The molecule has 0 saturated heterocycles. The van der Waals surface area contributed by atoms with Crippen LogP contribution in [0.1, 0.15) is 12.0 Å². The highest BCUT2D eigenvalue weighted by Crippen LogP contribution is 2.30. The van der Waals surface area contributed by atoms with E-state index < -0.39 is 0 Å². The molecule has 0 radical (unpaired) electrons. The Morgan fingerprint density at radius 3 is 3.00 bits per heavy atom. The van der Waals surface area contributed by atoms with Crippen molar-refractivity contribution in [2.45, 2.75) is 6.42 Å². The van der Waals surface area contributed by atoms with Crippen molar-refractivity contribution >= 4 is 37.6 Å². The number of aromatic nitrogens is 2. The molecule has 0 amide bonds. The summed E-state index contributed by atoms with van der Waals surface area (Å²) >= 11 is 1.58. The average Bonchev–Trinajstić information content (AvgIpc) is 2.94. The summed E-state index contributed by atoms with van der Waals surface area (Å²) < 4.78 is 1.03. The number of thiazole rings is 1. The summed E-state index contributed by atoms with van der Waals surface area (Å²) in [5, 5.41) is 14.0. The zero-order chi connectivity index (χ0) is 16.4. The van der Waals surface area contributed by atoms with Crippen molar-refractivity contribution in [3.63, 3.8) is 0 Å². The van der Waals surface area contributed by atoms with Crippen molar-refractivity contribution in [1.82, 2.24) is 14.9 Å². The lowest BCUT2D eigenvalue weighted by Gasteiger charge is -2.08. The molecule has 0 aliphatic carbocycles. The number of aromatic amines is 1. The Bertz CT molecular complexity index is 951. The van der Waals surface area contributed by atoms with Gasteiger partial charge in [0.2, 0.25) is 0 Å². The molecule has 3 aromatic rings. The number of pyridine rings is 1. The maximum Gasteiger partial charge on any atom is 0.266 e. The molecule has 6 nitrogen and oxygen atoms in total. The van der Waals surface area contributed by atoms with Crippen LogP contribution in [0.15, 0.2) is 23.0 Å². The number of hydrogen-bond acceptors (Lipinski definition) is 6. The van der Waals surface area contributed by atoms with Crippen LogP contribution in [0.4, 0.5) is 5.13 Å². The van der Waals surface area contributed by atoms with Crippen molar-refractivity contribution in [3.8, 4) is 6.07 Å². The molecule has 0 atom stereocenters. The van der Waals surface area contributed by atoms with Crippen LogP contribution in [-0.4, -0.2) is 42.1 Å². The second-order valence-electron chi connectivity index (χ2n) is 5.60. The molecule has 0 aliphatic rings. The van der Waals surface area contributed by atoms with E-state index in [2.05, 4.69) is 34.3 Å². The number of anilines is 1. The fourth-order valence-corrected chi connectivity index (χ4v) is 3.33. The minimum atomic E-state index is -0.364. The zero-order valence-corrected chi connectivity index (χ0v) is 13.8. The van der Waals surface area contributed by atoms with Gasteiger partial charge in [-0.2, -0.15) is 5.26 Å². The number of hydrogen-bond donors (Lipinski definition) is 2. The Morgan fingerprint density at radius 2 is 2.26 bits per heavy atom. The monoisotopic (exact) mass is 327 g/mol. The lowest BCUT2D eigenvalue weighted by Crippen LogP contribution is -2.16. The van der Waals surface area contributed by atoms with Crippen molar-refractivity contribution in [2.75, 3.05) is 32.5 Å². The van der Waals surface area contributed by atoms with Gasteiger partial charge in [0.15, 0.2) is 5.13 Å². The summed E-state index contributed by atoms with van der Waals surface area (Å²) in [5.74, 6) is 0. The van der Waals surface area contributed by atoms with E-state index in [0.29, 0.717) is 5.52 Å². The van der Waals surface area contributed by atoms with Crippen LogP contribution >= 0.6 is 11.3 Å². The predicted molar refractivity (Wildman–Crippen MR) is 94.1 cm³/mol. The quantitative estimate of drug-likeness (QED) is 0.703. The summed E-state index contributed by atoms with van der Waals surface area (Å²) in [6.45, 7) is 1.88. The van der Waals surface area contributed by atoms with Gasteiger partial charge in [-0.25, -0.2) is 4.98 Å². The van der Waals surface area contributed by atoms with Gasteiger partial charge in [0.1, 0.15) is 11.6 Å². The number of rotatable bonds is 5. The van der Waals surface area contributed by atoms with Crippen molar-refractivity contribution in [2.24, 2.45) is 0 Å². The Balaban J connectivity index is 1.94. The second kappa shape index (κ2) is 6.36. The number of benzene rings is 1. The summed E-state index contributed by atoms with van der Waals surface area (Å²) in [6, 6.07) is 7.34. The molecular weight excluding hydrogens is 310 g/mol. The Kier molecular flexibility index (Phi) is 4.28. The van der Waals surface area contributed by atoms with Crippen LogP contribution in [0.2, 0.25) is 0 Å². The molecule has 7 heteroatoms. The lowest BCUT2D eigenvalue weighted by atomic mass is 10.1. The van der Waals surface area contributed by atoms with E-state index in [-0.39, 0.29) is 11.1 Å². The minimum absolute atomic E-state index is 0.110. The Hall–Kier alpha value is -2.43. The highest BCUT2D eigenvalue weighted by Gasteiger charge is 2.10. The third kappa shape index (κ3) is 3.18. The number of nitrogens with one attached hydrogen (secondary N) is 2. The molecule has 118 valence electrons. The molecule has 2 N–H and O–H groups in total. The first-order valence-electron chi connectivity index (χ1n) is 7.34. The van der Waals surface area contributed by atoms with Gasteiger partial charge in [0, 0.05) is 11.9 Å². The molecule has 3 rings (SSSR count). The van der Waals surface area contributed by atoms with E-state index in [1.807, 2.05) is 18.2 Å². The molecule has 2 aromatic heterocycles. The van der Waals surface area contributed by atoms with E-state index in [0.717, 1.165) is 40.2 Å². The van der Waals surface area contributed by atoms with Gasteiger partial charge < -0.3 is 15.2 Å². The fraction of sp³-hybridized carbons (Fsp3) is 0.312. The molecule has 0 aliphatic heterocycles. The van der Waals surface area contributed by atoms with E-state index in [9.17, 15) is 4.79 Å². The number of H-pyrrole nitrogens is 1. The van der Waals surface area contributed by atoms with E-state index in [1.165, 1.54) is 0 Å². The number of nitriles is 1. The summed E-state index contributed by atoms with van der Waals surface area (Å²) in [5.41, 5.74) is 1.26. The Labute approximate surface area is 137 Å². The summed E-state index contributed by atoms with van der Waals surface area (Å²) in [6.07, 6.45) is 1.04. The standard InChI is InChI=1S/C16H17N5OS/c1-21(2)7-3-6-18-16-20-14-11-8-10(9-17)15(22)19-12(11)4-5-13(14)23-16/h4-5,8H,3,6-7H2,1-2H3,(H,18,20)(H,19,22). The molecule has 0 bridgehead atoms. The summed E-state index contributed by atoms with van der Waals surface area (Å²) in [4.78, 5) is 21.2. The maximum atomic E-state index is 11.7. The third-order valence-electron chi connectivity index (χ3n) is 3.56. The largest absolute Gasteiger partial charge is 0.361 e. The SMILES string of the molecule is CN(C)CCCNc1nc2c(ccc3[nH]c(=O)c(C#N)cc32)s1. The molecule has 0 saturated carbocycles. The molecule has 2 heterocycles. The topological polar surface area (TPSA) is 84.8 Å². The third-order valence-corrected chi connectivity index (χ3v) is 4.54. The van der Waals surface area contributed by atoms with Crippen molar-refractivity contribution < 1.29 is 0 Å². The molecule has 0 spiro atoms. The van der Waals surface area contributed by atoms with E-state index in [4.69, 9.17) is 5.26 Å². The van der Waals surface area contributed by atoms with Gasteiger partial charge in [-0.05, 0) is 45.3 Å². The molecule has 23 heavy (non-hydrogen) atoms. The van der Waals surface area contributed by atoms with Crippen molar-refractivity contribution in [3.05, 3.63) is 34.1 Å². The van der Waals surface area contributed by atoms with E-state index >= 15 is 0 Å². The van der Waals surface area contributed by atoms with Crippen LogP contribution < -0.4 is 10.9 Å². The van der Waals surface area contributed by atoms with Crippen LogP contribution in [0.25, 0.3) is 21.1 Å². The van der Waals surface area contributed by atoms with Gasteiger partial charge in [0.25, 0.3) is 5.56 Å². The van der Waals surface area contributed by atoms with Gasteiger partial charge in [-0.1, -0.05) is 11.3 Å². The average molecular weight is 327 g/mol. The smallest absolute Gasteiger partial charge is 0.266 e. The van der Waals surface area contributed by atoms with Gasteiger partial charge in [0.05, 0.1) is 15.7 Å². The molecule has 0 fully saturated rings. The Morgan fingerprint density at radius 1 is 1.43 bits per heavy atom. The molecular formula is C16H17N5OS.